The van der Waals surface area contributed by atoms with Gasteiger partial charge in [-0.05, 0) is 36.8 Å². The maximum absolute atomic E-state index is 12.4. The van der Waals surface area contributed by atoms with Gasteiger partial charge in [0.25, 0.3) is 11.8 Å². The summed E-state index contributed by atoms with van der Waals surface area (Å²) in [4.78, 5) is 24.4. The standard InChI is InChI=1S/C19H22N2O3/c1-3-4-11-20-18(22)14-7-5-8-15(12-14)19(23)21-16-9-6-10-17(13-16)24-2/h5-10,12-13H,3-4,11H2,1-2H3,(H,20,22)(H,21,23). The molecule has 2 N–H and O–H groups in total. The molecule has 0 atom stereocenters. The number of rotatable bonds is 7. The van der Waals surface area contributed by atoms with E-state index in [-0.39, 0.29) is 11.8 Å². The summed E-state index contributed by atoms with van der Waals surface area (Å²) in [5.74, 6) is 0.225. The van der Waals surface area contributed by atoms with Crippen LogP contribution in [-0.2, 0) is 0 Å². The third-order valence-corrected chi connectivity index (χ3v) is 3.53. The molecule has 0 bridgehead atoms. The second-order valence-corrected chi connectivity index (χ2v) is 5.38. The fourth-order valence-corrected chi connectivity index (χ4v) is 2.19. The highest BCUT2D eigenvalue weighted by atomic mass is 16.5. The number of anilines is 1. The van der Waals surface area contributed by atoms with Crippen molar-refractivity contribution in [3.63, 3.8) is 0 Å². The first-order valence-electron chi connectivity index (χ1n) is 7.97. The molecular formula is C19H22N2O3. The highest BCUT2D eigenvalue weighted by Crippen LogP contribution is 2.17. The lowest BCUT2D eigenvalue weighted by Gasteiger charge is -2.09. The molecule has 126 valence electrons. The molecule has 0 aliphatic heterocycles. The smallest absolute Gasteiger partial charge is 0.255 e. The summed E-state index contributed by atoms with van der Waals surface area (Å²) in [6.07, 6.45) is 1.95. The number of unbranched alkanes of at least 4 members (excludes halogenated alkanes) is 1. The molecule has 2 aromatic carbocycles. The summed E-state index contributed by atoms with van der Waals surface area (Å²) in [6, 6.07) is 13.8. The number of carbonyl (C=O) groups is 2. The summed E-state index contributed by atoms with van der Waals surface area (Å²) < 4.78 is 5.14. The second-order valence-electron chi connectivity index (χ2n) is 5.38. The molecule has 24 heavy (non-hydrogen) atoms. The summed E-state index contributed by atoms with van der Waals surface area (Å²) in [6.45, 7) is 2.70. The molecule has 0 unspecified atom stereocenters. The summed E-state index contributed by atoms with van der Waals surface area (Å²) in [5, 5.41) is 5.64. The Kier molecular flexibility index (Phi) is 6.37. The van der Waals surface area contributed by atoms with Crippen LogP contribution in [0.1, 0.15) is 40.5 Å². The van der Waals surface area contributed by atoms with Gasteiger partial charge >= 0.3 is 0 Å². The van der Waals surface area contributed by atoms with Gasteiger partial charge in [-0.25, -0.2) is 0 Å². The van der Waals surface area contributed by atoms with Crippen LogP contribution in [0.5, 0.6) is 5.75 Å². The Labute approximate surface area is 142 Å². The summed E-state index contributed by atoms with van der Waals surface area (Å²) >= 11 is 0. The molecule has 0 fully saturated rings. The van der Waals surface area contributed by atoms with Gasteiger partial charge < -0.3 is 15.4 Å². The van der Waals surface area contributed by atoms with E-state index < -0.39 is 0 Å². The lowest BCUT2D eigenvalue weighted by molar-refractivity contribution is 0.0953. The van der Waals surface area contributed by atoms with Crippen LogP contribution in [0, 0.1) is 0 Å². The van der Waals surface area contributed by atoms with Gasteiger partial charge in [-0.3, -0.25) is 9.59 Å². The Bertz CT molecular complexity index is 713. The molecule has 5 heteroatoms. The van der Waals surface area contributed by atoms with Crippen LogP contribution >= 0.6 is 0 Å². The zero-order chi connectivity index (χ0) is 17.4. The topological polar surface area (TPSA) is 67.4 Å². The molecule has 0 aliphatic carbocycles. The third kappa shape index (κ3) is 4.84. The van der Waals surface area contributed by atoms with E-state index in [4.69, 9.17) is 4.74 Å². The number of amides is 2. The number of hydrogen-bond acceptors (Lipinski definition) is 3. The van der Waals surface area contributed by atoms with Gasteiger partial charge in [0.15, 0.2) is 0 Å². The van der Waals surface area contributed by atoms with Gasteiger partial charge in [0.05, 0.1) is 7.11 Å². The van der Waals surface area contributed by atoms with Crippen molar-refractivity contribution in [3.8, 4) is 5.75 Å². The molecule has 2 rings (SSSR count). The average Bonchev–Trinajstić information content (AvgIpc) is 2.62. The van der Waals surface area contributed by atoms with Crippen LogP contribution in [0.4, 0.5) is 5.69 Å². The Hall–Kier alpha value is -2.82. The van der Waals surface area contributed by atoms with E-state index >= 15 is 0 Å². The number of benzene rings is 2. The second kappa shape index (κ2) is 8.72. The van der Waals surface area contributed by atoms with E-state index in [2.05, 4.69) is 17.6 Å². The van der Waals surface area contributed by atoms with Crippen molar-refractivity contribution in [1.82, 2.24) is 5.32 Å². The number of carbonyl (C=O) groups excluding carboxylic acids is 2. The summed E-state index contributed by atoms with van der Waals surface area (Å²) in [7, 11) is 1.57. The van der Waals surface area contributed by atoms with Crippen molar-refractivity contribution < 1.29 is 14.3 Å². The Morgan fingerprint density at radius 3 is 2.42 bits per heavy atom. The van der Waals surface area contributed by atoms with E-state index in [1.807, 2.05) is 0 Å². The molecule has 0 aromatic heterocycles. The third-order valence-electron chi connectivity index (χ3n) is 3.53. The average molecular weight is 326 g/mol. The maximum atomic E-state index is 12.4. The molecule has 5 nitrogen and oxygen atoms in total. The van der Waals surface area contributed by atoms with E-state index in [9.17, 15) is 9.59 Å². The zero-order valence-corrected chi connectivity index (χ0v) is 14.0. The van der Waals surface area contributed by atoms with Gasteiger partial charge in [0, 0.05) is 29.4 Å². The lowest BCUT2D eigenvalue weighted by atomic mass is 10.1. The van der Waals surface area contributed by atoms with Gasteiger partial charge in [-0.2, -0.15) is 0 Å². The maximum Gasteiger partial charge on any atom is 0.255 e. The van der Waals surface area contributed by atoms with Crippen molar-refractivity contribution in [1.29, 1.82) is 0 Å². The van der Waals surface area contributed by atoms with Crippen LogP contribution in [0.3, 0.4) is 0 Å². The number of methoxy groups -OCH3 is 1. The first-order valence-corrected chi connectivity index (χ1v) is 7.97. The van der Waals surface area contributed by atoms with Gasteiger partial charge in [-0.15, -0.1) is 0 Å². The van der Waals surface area contributed by atoms with E-state index in [1.54, 1.807) is 55.6 Å². The minimum atomic E-state index is -0.272. The predicted molar refractivity (Wildman–Crippen MR) is 94.6 cm³/mol. The molecular weight excluding hydrogens is 304 g/mol. The monoisotopic (exact) mass is 326 g/mol. The molecule has 2 amide bonds. The number of ether oxygens (including phenoxy) is 1. The van der Waals surface area contributed by atoms with E-state index in [0.717, 1.165) is 12.8 Å². The van der Waals surface area contributed by atoms with Crippen LogP contribution in [0.15, 0.2) is 48.5 Å². The van der Waals surface area contributed by atoms with Crippen molar-refractivity contribution in [2.45, 2.75) is 19.8 Å². The first-order chi connectivity index (χ1) is 11.6. The van der Waals surface area contributed by atoms with Crippen molar-refractivity contribution >= 4 is 17.5 Å². The van der Waals surface area contributed by atoms with Crippen LogP contribution < -0.4 is 15.4 Å². The van der Waals surface area contributed by atoms with Crippen LogP contribution in [0.25, 0.3) is 0 Å². The molecule has 0 heterocycles. The van der Waals surface area contributed by atoms with Gasteiger partial charge in [-0.1, -0.05) is 25.5 Å². The minimum absolute atomic E-state index is 0.167. The minimum Gasteiger partial charge on any atom is -0.497 e. The highest BCUT2D eigenvalue weighted by molar-refractivity contribution is 6.06. The van der Waals surface area contributed by atoms with E-state index in [0.29, 0.717) is 29.1 Å². The molecule has 0 saturated carbocycles. The van der Waals surface area contributed by atoms with Crippen LogP contribution in [0.2, 0.25) is 0 Å². The predicted octanol–water partition coefficient (Wildman–Crippen LogP) is 3.48. The van der Waals surface area contributed by atoms with E-state index in [1.165, 1.54) is 0 Å². The Morgan fingerprint density at radius 1 is 1.00 bits per heavy atom. The van der Waals surface area contributed by atoms with Crippen LogP contribution in [-0.4, -0.2) is 25.5 Å². The fourth-order valence-electron chi connectivity index (χ4n) is 2.19. The molecule has 0 radical (unpaired) electrons. The quantitative estimate of drug-likeness (QED) is 0.766. The van der Waals surface area contributed by atoms with Crippen molar-refractivity contribution in [2.75, 3.05) is 19.0 Å². The van der Waals surface area contributed by atoms with Gasteiger partial charge in [0.1, 0.15) is 5.75 Å². The first kappa shape index (κ1) is 17.5. The molecule has 0 aliphatic rings. The Balaban J connectivity index is 2.06. The fraction of sp³-hybridized carbons (Fsp3) is 0.263. The summed E-state index contributed by atoms with van der Waals surface area (Å²) in [5.41, 5.74) is 1.54. The number of nitrogens with one attached hydrogen (secondary N) is 2. The number of hydrogen-bond donors (Lipinski definition) is 2. The largest absolute Gasteiger partial charge is 0.497 e. The highest BCUT2D eigenvalue weighted by Gasteiger charge is 2.10. The SMILES string of the molecule is CCCCNC(=O)c1cccc(C(=O)Nc2cccc(OC)c2)c1. The molecule has 2 aromatic rings. The Morgan fingerprint density at radius 2 is 1.71 bits per heavy atom. The normalized spacial score (nSPS) is 10.1. The molecule has 0 saturated heterocycles. The van der Waals surface area contributed by atoms with Crippen molar-refractivity contribution in [3.05, 3.63) is 59.7 Å². The van der Waals surface area contributed by atoms with Gasteiger partial charge in [0.2, 0.25) is 0 Å². The lowest BCUT2D eigenvalue weighted by Crippen LogP contribution is -2.24. The van der Waals surface area contributed by atoms with Crippen molar-refractivity contribution in [2.24, 2.45) is 0 Å². The molecule has 0 spiro atoms. The zero-order valence-electron chi connectivity index (χ0n) is 14.0.